The Hall–Kier alpha value is -4.45. The molecule has 0 saturated carbocycles. The lowest BCUT2D eigenvalue weighted by molar-refractivity contribution is -0.142. The normalized spacial score (nSPS) is 13.8. The van der Waals surface area contributed by atoms with E-state index in [1.165, 1.54) is 19.1 Å². The lowest BCUT2D eigenvalue weighted by Gasteiger charge is -2.25. The van der Waals surface area contributed by atoms with Crippen LogP contribution in [0.4, 0.5) is 0 Å². The van der Waals surface area contributed by atoms with Crippen molar-refractivity contribution < 1.29 is 39.3 Å². The van der Waals surface area contributed by atoms with Gasteiger partial charge in [0.2, 0.25) is 17.7 Å². The molecule has 3 amide bonds. The fourth-order valence-electron chi connectivity index (χ4n) is 3.50. The third kappa shape index (κ3) is 9.90. The van der Waals surface area contributed by atoms with Crippen LogP contribution >= 0.6 is 0 Å². The molecule has 8 N–H and O–H groups in total. The van der Waals surface area contributed by atoms with Gasteiger partial charge in [-0.15, -0.1) is 0 Å². The van der Waals surface area contributed by atoms with Crippen molar-refractivity contribution in [2.24, 2.45) is 5.73 Å². The molecular formula is C26H32N4O8. The molecule has 2 rings (SSSR count). The summed E-state index contributed by atoms with van der Waals surface area (Å²) in [6.45, 7) is 1.22. The molecule has 204 valence electrons. The Morgan fingerprint density at radius 3 is 1.89 bits per heavy atom. The predicted molar refractivity (Wildman–Crippen MR) is 136 cm³/mol. The predicted octanol–water partition coefficient (Wildman–Crippen LogP) is -0.0716. The van der Waals surface area contributed by atoms with Gasteiger partial charge in [0, 0.05) is 12.8 Å². The van der Waals surface area contributed by atoms with Crippen LogP contribution in [0.15, 0.2) is 54.6 Å². The van der Waals surface area contributed by atoms with Crippen molar-refractivity contribution in [2.45, 2.75) is 56.8 Å². The quantitative estimate of drug-likeness (QED) is 0.175. The van der Waals surface area contributed by atoms with E-state index in [-0.39, 0.29) is 25.0 Å². The zero-order valence-corrected chi connectivity index (χ0v) is 20.8. The molecule has 4 atom stereocenters. The van der Waals surface area contributed by atoms with Crippen molar-refractivity contribution in [2.75, 3.05) is 0 Å². The lowest BCUT2D eigenvalue weighted by Crippen LogP contribution is -2.57. The number of hydrogen-bond acceptors (Lipinski definition) is 7. The molecule has 0 spiro atoms. The summed E-state index contributed by atoms with van der Waals surface area (Å²) in [6.07, 6.45) is -0.616. The van der Waals surface area contributed by atoms with E-state index in [1.54, 1.807) is 36.4 Å². The molecular weight excluding hydrogens is 496 g/mol. The molecule has 38 heavy (non-hydrogen) atoms. The molecule has 2 aromatic rings. The van der Waals surface area contributed by atoms with Crippen LogP contribution in [0.2, 0.25) is 0 Å². The molecule has 12 nitrogen and oxygen atoms in total. The zero-order valence-electron chi connectivity index (χ0n) is 20.8. The standard InChI is InChI=1S/C26H32N4O8/c1-15(26(37)38)28-24(35)20(11-12-22(32)33)29-25(36)21(14-17-7-9-18(31)10-8-17)30-23(34)19(27)13-16-5-3-2-4-6-16/h2-10,15,19-21,31H,11-14,27H2,1H3,(H,28,35)(H,29,36)(H,30,34)(H,32,33)(H,37,38). The molecule has 0 bridgehead atoms. The molecule has 0 fully saturated rings. The van der Waals surface area contributed by atoms with Crippen LogP contribution in [0.5, 0.6) is 5.75 Å². The Labute approximate surface area is 219 Å². The first-order valence-corrected chi connectivity index (χ1v) is 11.9. The minimum absolute atomic E-state index is 0.00151. The highest BCUT2D eigenvalue weighted by Crippen LogP contribution is 2.12. The highest BCUT2D eigenvalue weighted by Gasteiger charge is 2.30. The lowest BCUT2D eigenvalue weighted by atomic mass is 10.0. The van der Waals surface area contributed by atoms with Gasteiger partial charge < -0.3 is 37.0 Å². The van der Waals surface area contributed by atoms with Crippen molar-refractivity contribution in [1.29, 1.82) is 0 Å². The highest BCUT2D eigenvalue weighted by atomic mass is 16.4. The van der Waals surface area contributed by atoms with Gasteiger partial charge in [0.05, 0.1) is 6.04 Å². The summed E-state index contributed by atoms with van der Waals surface area (Å²) in [5, 5.41) is 34.9. The first-order chi connectivity index (χ1) is 18.0. The minimum Gasteiger partial charge on any atom is -0.508 e. The van der Waals surface area contributed by atoms with Gasteiger partial charge in [-0.1, -0.05) is 42.5 Å². The number of carbonyl (C=O) groups excluding carboxylic acids is 3. The topological polar surface area (TPSA) is 208 Å². The number of benzene rings is 2. The van der Waals surface area contributed by atoms with Crippen LogP contribution in [0.25, 0.3) is 0 Å². The minimum atomic E-state index is -1.38. The van der Waals surface area contributed by atoms with Gasteiger partial charge in [0.1, 0.15) is 23.9 Å². The molecule has 4 unspecified atom stereocenters. The number of aromatic hydroxyl groups is 1. The second-order valence-corrected chi connectivity index (χ2v) is 8.79. The average molecular weight is 529 g/mol. The molecule has 0 saturated heterocycles. The van der Waals surface area contributed by atoms with Crippen LogP contribution in [-0.4, -0.2) is 69.1 Å². The summed E-state index contributed by atoms with van der Waals surface area (Å²) < 4.78 is 0. The Balaban J connectivity index is 2.22. The van der Waals surface area contributed by atoms with E-state index in [2.05, 4.69) is 16.0 Å². The fraction of sp³-hybridized carbons (Fsp3) is 0.346. The molecule has 2 aromatic carbocycles. The van der Waals surface area contributed by atoms with Crippen LogP contribution in [0.3, 0.4) is 0 Å². The summed E-state index contributed by atoms with van der Waals surface area (Å²) >= 11 is 0. The zero-order chi connectivity index (χ0) is 28.2. The van der Waals surface area contributed by atoms with Crippen molar-refractivity contribution in [3.63, 3.8) is 0 Å². The van der Waals surface area contributed by atoms with Crippen LogP contribution in [-0.2, 0) is 36.8 Å². The number of nitrogens with two attached hydrogens (primary N) is 1. The second kappa shape index (κ2) is 14.3. The van der Waals surface area contributed by atoms with E-state index in [9.17, 15) is 29.1 Å². The van der Waals surface area contributed by atoms with Crippen LogP contribution < -0.4 is 21.7 Å². The van der Waals surface area contributed by atoms with Gasteiger partial charge in [-0.25, -0.2) is 0 Å². The summed E-state index contributed by atoms with van der Waals surface area (Å²) in [7, 11) is 0. The number of amides is 3. The maximum Gasteiger partial charge on any atom is 0.325 e. The van der Waals surface area contributed by atoms with Gasteiger partial charge in [-0.3, -0.25) is 24.0 Å². The van der Waals surface area contributed by atoms with E-state index in [0.717, 1.165) is 5.56 Å². The molecule has 0 aliphatic heterocycles. The van der Waals surface area contributed by atoms with Crippen molar-refractivity contribution >= 4 is 29.7 Å². The Kier molecular flexibility index (Phi) is 11.2. The van der Waals surface area contributed by atoms with Crippen molar-refractivity contribution in [3.8, 4) is 5.75 Å². The summed E-state index contributed by atoms with van der Waals surface area (Å²) in [5.41, 5.74) is 7.45. The third-order valence-corrected chi connectivity index (χ3v) is 5.65. The molecule has 0 aliphatic carbocycles. The van der Waals surface area contributed by atoms with E-state index in [0.29, 0.717) is 5.56 Å². The number of phenols is 1. The van der Waals surface area contributed by atoms with Gasteiger partial charge in [-0.2, -0.15) is 0 Å². The third-order valence-electron chi connectivity index (χ3n) is 5.65. The SMILES string of the molecule is CC(NC(=O)C(CCC(=O)O)NC(=O)C(Cc1ccc(O)cc1)NC(=O)C(N)Cc1ccccc1)C(=O)O. The first-order valence-electron chi connectivity index (χ1n) is 11.9. The molecule has 0 aliphatic rings. The smallest absolute Gasteiger partial charge is 0.325 e. The number of carbonyl (C=O) groups is 5. The number of rotatable bonds is 14. The summed E-state index contributed by atoms with van der Waals surface area (Å²) in [4.78, 5) is 61.0. The summed E-state index contributed by atoms with van der Waals surface area (Å²) in [6, 6.07) is 10.1. The van der Waals surface area contributed by atoms with Crippen LogP contribution in [0.1, 0.15) is 30.9 Å². The summed E-state index contributed by atoms with van der Waals surface area (Å²) in [5.74, 6) is -4.84. The molecule has 0 radical (unpaired) electrons. The van der Waals surface area contributed by atoms with E-state index in [4.69, 9.17) is 15.9 Å². The number of hydrogen-bond donors (Lipinski definition) is 7. The van der Waals surface area contributed by atoms with Gasteiger partial charge in [-0.05, 0) is 43.0 Å². The Morgan fingerprint density at radius 2 is 1.32 bits per heavy atom. The monoisotopic (exact) mass is 528 g/mol. The van der Waals surface area contributed by atoms with Gasteiger partial charge >= 0.3 is 11.9 Å². The van der Waals surface area contributed by atoms with Crippen LogP contribution in [0, 0.1) is 0 Å². The van der Waals surface area contributed by atoms with Crippen molar-refractivity contribution in [3.05, 3.63) is 65.7 Å². The second-order valence-electron chi connectivity index (χ2n) is 8.79. The molecule has 0 aromatic heterocycles. The maximum absolute atomic E-state index is 13.3. The number of carboxylic acids is 2. The Bertz CT molecular complexity index is 1120. The fourth-order valence-corrected chi connectivity index (χ4v) is 3.50. The Morgan fingerprint density at radius 1 is 0.763 bits per heavy atom. The highest BCUT2D eigenvalue weighted by molar-refractivity contribution is 5.94. The van der Waals surface area contributed by atoms with Gasteiger partial charge in [0.15, 0.2) is 0 Å². The molecule has 0 heterocycles. The van der Waals surface area contributed by atoms with E-state index >= 15 is 0 Å². The molecule has 12 heteroatoms. The number of aliphatic carboxylic acids is 2. The number of nitrogens with one attached hydrogen (secondary N) is 3. The van der Waals surface area contributed by atoms with E-state index < -0.39 is 60.2 Å². The van der Waals surface area contributed by atoms with Gasteiger partial charge in [0.25, 0.3) is 0 Å². The van der Waals surface area contributed by atoms with Crippen molar-refractivity contribution in [1.82, 2.24) is 16.0 Å². The van der Waals surface area contributed by atoms with E-state index in [1.807, 2.05) is 6.07 Å². The largest absolute Gasteiger partial charge is 0.508 e. The first kappa shape index (κ1) is 29.8. The average Bonchev–Trinajstić information content (AvgIpc) is 2.87. The number of phenolic OH excluding ortho intramolecular Hbond substituents is 1. The number of carboxylic acid groups (broad SMARTS) is 2. The maximum atomic E-state index is 13.3.